The van der Waals surface area contributed by atoms with Gasteiger partial charge in [0.05, 0.1) is 0 Å². The number of carbonyl (C=O) groups is 1. The van der Waals surface area contributed by atoms with Crippen molar-refractivity contribution in [2.75, 3.05) is 6.61 Å². The van der Waals surface area contributed by atoms with Gasteiger partial charge < -0.3 is 15.8 Å². The molecule has 1 saturated carbocycles. The Bertz CT molecular complexity index is 202. The molecule has 3 N–H and O–H groups in total. The van der Waals surface area contributed by atoms with E-state index in [4.69, 9.17) is 10.5 Å². The second kappa shape index (κ2) is 3.64. The monoisotopic (exact) mass is 184 g/mol. The van der Waals surface area contributed by atoms with Crippen LogP contribution in [-0.2, 0) is 9.53 Å². The van der Waals surface area contributed by atoms with E-state index >= 15 is 0 Å². The van der Waals surface area contributed by atoms with Gasteiger partial charge in [0.1, 0.15) is 6.10 Å². The molecule has 74 valence electrons. The van der Waals surface area contributed by atoms with Gasteiger partial charge >= 0.3 is 0 Å². The number of ether oxygens (including phenoxy) is 1. The lowest BCUT2D eigenvalue weighted by molar-refractivity contribution is -0.135. The average Bonchev–Trinajstić information content (AvgIpc) is 2.83. The fourth-order valence-corrected chi connectivity index (χ4v) is 1.60. The molecule has 0 radical (unpaired) electrons. The first-order valence-electron chi connectivity index (χ1n) is 4.95. The van der Waals surface area contributed by atoms with Gasteiger partial charge in [0.15, 0.2) is 0 Å². The largest absolute Gasteiger partial charge is 0.368 e. The van der Waals surface area contributed by atoms with Crippen molar-refractivity contribution in [1.82, 2.24) is 5.32 Å². The molecule has 1 amide bonds. The molecule has 0 aromatic heterocycles. The number of carbonyl (C=O) groups excluding carboxylic acids is 1. The fourth-order valence-electron chi connectivity index (χ4n) is 1.60. The summed E-state index contributed by atoms with van der Waals surface area (Å²) in [6.45, 7) is 0.717. The fraction of sp³-hybridized carbons (Fsp3) is 0.889. The molecule has 3 unspecified atom stereocenters. The highest BCUT2D eigenvalue weighted by Gasteiger charge is 2.36. The highest BCUT2D eigenvalue weighted by atomic mass is 16.5. The summed E-state index contributed by atoms with van der Waals surface area (Å²) in [5.74, 6) is 0.0256. The minimum Gasteiger partial charge on any atom is -0.368 e. The highest BCUT2D eigenvalue weighted by Crippen LogP contribution is 2.19. The van der Waals surface area contributed by atoms with Crippen molar-refractivity contribution in [2.24, 2.45) is 5.73 Å². The maximum atomic E-state index is 11.5. The number of nitrogens with one attached hydrogen (secondary N) is 1. The van der Waals surface area contributed by atoms with E-state index in [9.17, 15) is 4.79 Å². The van der Waals surface area contributed by atoms with Crippen LogP contribution in [0.3, 0.4) is 0 Å². The maximum absolute atomic E-state index is 11.5. The summed E-state index contributed by atoms with van der Waals surface area (Å²) < 4.78 is 5.35. The third-order valence-corrected chi connectivity index (χ3v) is 2.64. The van der Waals surface area contributed by atoms with Crippen LogP contribution in [-0.4, -0.2) is 30.7 Å². The molecule has 1 saturated heterocycles. The predicted octanol–water partition coefficient (Wildman–Crippen LogP) is -0.229. The SMILES string of the molecule is NC1CC1NC(=O)C1CCCCO1. The quantitative estimate of drug-likeness (QED) is 0.623. The number of hydrogen-bond donors (Lipinski definition) is 2. The molecular weight excluding hydrogens is 168 g/mol. The van der Waals surface area contributed by atoms with Crippen LogP contribution in [0.1, 0.15) is 25.7 Å². The maximum Gasteiger partial charge on any atom is 0.249 e. The van der Waals surface area contributed by atoms with Crippen LogP contribution < -0.4 is 11.1 Å². The van der Waals surface area contributed by atoms with Gasteiger partial charge in [-0.1, -0.05) is 0 Å². The normalized spacial score (nSPS) is 38.4. The van der Waals surface area contributed by atoms with Crippen molar-refractivity contribution in [3.63, 3.8) is 0 Å². The van der Waals surface area contributed by atoms with Gasteiger partial charge in [-0.05, 0) is 25.7 Å². The van der Waals surface area contributed by atoms with Gasteiger partial charge in [0.2, 0.25) is 5.91 Å². The third-order valence-electron chi connectivity index (χ3n) is 2.64. The molecule has 2 rings (SSSR count). The summed E-state index contributed by atoms with van der Waals surface area (Å²) in [6, 6.07) is 0.380. The molecule has 2 aliphatic rings. The summed E-state index contributed by atoms with van der Waals surface area (Å²) in [4.78, 5) is 11.5. The molecule has 4 heteroatoms. The summed E-state index contributed by atoms with van der Waals surface area (Å²) in [6.07, 6.45) is 3.72. The van der Waals surface area contributed by atoms with Gasteiger partial charge in [0, 0.05) is 18.7 Å². The lowest BCUT2D eigenvalue weighted by Crippen LogP contribution is -2.40. The molecular formula is C9H16N2O2. The topological polar surface area (TPSA) is 64.3 Å². The van der Waals surface area contributed by atoms with Crippen molar-refractivity contribution in [2.45, 2.75) is 43.9 Å². The van der Waals surface area contributed by atoms with Crippen molar-refractivity contribution >= 4 is 5.91 Å². The second-order valence-corrected chi connectivity index (χ2v) is 3.87. The first-order chi connectivity index (χ1) is 6.27. The second-order valence-electron chi connectivity index (χ2n) is 3.87. The van der Waals surface area contributed by atoms with E-state index in [1.807, 2.05) is 0 Å². The lowest BCUT2D eigenvalue weighted by atomic mass is 10.1. The summed E-state index contributed by atoms with van der Waals surface area (Å²) in [5, 5.41) is 2.88. The van der Waals surface area contributed by atoms with Crippen molar-refractivity contribution in [3.8, 4) is 0 Å². The zero-order valence-corrected chi connectivity index (χ0v) is 7.66. The smallest absolute Gasteiger partial charge is 0.249 e. The Balaban J connectivity index is 1.75. The minimum atomic E-state index is -0.221. The lowest BCUT2D eigenvalue weighted by Gasteiger charge is -2.21. The first-order valence-corrected chi connectivity index (χ1v) is 4.95. The number of hydrogen-bond acceptors (Lipinski definition) is 3. The highest BCUT2D eigenvalue weighted by molar-refractivity contribution is 5.81. The van der Waals surface area contributed by atoms with Gasteiger partial charge in [0.25, 0.3) is 0 Å². The summed E-state index contributed by atoms with van der Waals surface area (Å²) in [7, 11) is 0. The molecule has 4 nitrogen and oxygen atoms in total. The number of nitrogens with two attached hydrogens (primary N) is 1. The molecule has 1 heterocycles. The van der Waals surface area contributed by atoms with E-state index < -0.39 is 0 Å². The Morgan fingerprint density at radius 1 is 1.46 bits per heavy atom. The zero-order valence-electron chi connectivity index (χ0n) is 7.66. The molecule has 0 bridgehead atoms. The summed E-state index contributed by atoms with van der Waals surface area (Å²) >= 11 is 0. The molecule has 0 aromatic rings. The molecule has 0 aromatic carbocycles. The Morgan fingerprint density at radius 3 is 2.77 bits per heavy atom. The third kappa shape index (κ3) is 2.19. The van der Waals surface area contributed by atoms with Crippen LogP contribution in [0.25, 0.3) is 0 Å². The van der Waals surface area contributed by atoms with Crippen LogP contribution in [0.4, 0.5) is 0 Å². The van der Waals surface area contributed by atoms with E-state index in [0.717, 1.165) is 32.3 Å². The molecule has 2 fully saturated rings. The van der Waals surface area contributed by atoms with Crippen molar-refractivity contribution in [3.05, 3.63) is 0 Å². The minimum absolute atomic E-state index is 0.0256. The van der Waals surface area contributed by atoms with E-state index in [1.165, 1.54) is 0 Å². The molecule has 1 aliphatic carbocycles. The Hall–Kier alpha value is -0.610. The molecule has 1 aliphatic heterocycles. The van der Waals surface area contributed by atoms with Crippen LogP contribution in [0.2, 0.25) is 0 Å². The Labute approximate surface area is 77.8 Å². The van der Waals surface area contributed by atoms with E-state index in [2.05, 4.69) is 5.32 Å². The van der Waals surface area contributed by atoms with E-state index in [-0.39, 0.29) is 24.1 Å². The molecule has 13 heavy (non-hydrogen) atoms. The van der Waals surface area contributed by atoms with Gasteiger partial charge in [-0.2, -0.15) is 0 Å². The van der Waals surface area contributed by atoms with E-state index in [1.54, 1.807) is 0 Å². The van der Waals surface area contributed by atoms with Crippen LogP contribution in [0, 0.1) is 0 Å². The summed E-state index contributed by atoms with van der Waals surface area (Å²) in [5.41, 5.74) is 5.59. The van der Waals surface area contributed by atoms with Gasteiger partial charge in [-0.15, -0.1) is 0 Å². The zero-order chi connectivity index (χ0) is 9.26. The Kier molecular flexibility index (Phi) is 2.51. The molecule has 0 spiro atoms. The van der Waals surface area contributed by atoms with Gasteiger partial charge in [-0.3, -0.25) is 4.79 Å². The average molecular weight is 184 g/mol. The standard InChI is InChI=1S/C9H16N2O2/c10-6-5-7(6)11-9(12)8-3-1-2-4-13-8/h6-8H,1-5,10H2,(H,11,12). The van der Waals surface area contributed by atoms with Crippen LogP contribution >= 0.6 is 0 Å². The first kappa shape index (κ1) is 8.97. The predicted molar refractivity (Wildman–Crippen MR) is 48.1 cm³/mol. The number of rotatable bonds is 2. The number of amides is 1. The van der Waals surface area contributed by atoms with Crippen LogP contribution in [0.5, 0.6) is 0 Å². The van der Waals surface area contributed by atoms with Crippen LogP contribution in [0.15, 0.2) is 0 Å². The Morgan fingerprint density at radius 2 is 2.23 bits per heavy atom. The molecule has 3 atom stereocenters. The van der Waals surface area contributed by atoms with Gasteiger partial charge in [-0.25, -0.2) is 0 Å². The van der Waals surface area contributed by atoms with Crippen molar-refractivity contribution in [1.29, 1.82) is 0 Å². The van der Waals surface area contributed by atoms with Crippen molar-refractivity contribution < 1.29 is 9.53 Å². The van der Waals surface area contributed by atoms with E-state index in [0.29, 0.717) is 0 Å².